The van der Waals surface area contributed by atoms with Crippen molar-refractivity contribution in [3.8, 4) is 0 Å². The molecule has 0 aliphatic carbocycles. The Hall–Kier alpha value is -2.53. The van der Waals surface area contributed by atoms with Gasteiger partial charge in [-0.15, -0.1) is 11.3 Å². The minimum atomic E-state index is -0.918. The van der Waals surface area contributed by atoms with Gasteiger partial charge in [0.25, 0.3) is 5.91 Å². The standard InChI is InChI=1S/C24H33N3O6S/c1-24(2,3)33-23(29)26-14-17-18(30-4)19(31-5)20(32-17)21(28)27-16(22-25-11-12-34-22)13-15-9-7-6-8-10-15/h6-12,16-20H,13-14H2,1-5H3,(H,26,29)(H,27,28)/t16-,17+,18+,19-,20-/m0/s1. The Kier molecular flexibility index (Phi) is 9.01. The monoisotopic (exact) mass is 491 g/mol. The average molecular weight is 492 g/mol. The Balaban J connectivity index is 1.69. The SMILES string of the molecule is CO[C@H]1[C@H](OC)[C@@H](CNC(=O)OC(C)(C)C)O[C@@H]1C(=O)N[C@@H](Cc1ccccc1)c1nccs1. The van der Waals surface area contributed by atoms with Crippen molar-refractivity contribution in [1.82, 2.24) is 15.6 Å². The smallest absolute Gasteiger partial charge is 0.407 e. The number of nitrogens with one attached hydrogen (secondary N) is 2. The van der Waals surface area contributed by atoms with Crippen molar-refractivity contribution in [2.75, 3.05) is 20.8 Å². The van der Waals surface area contributed by atoms with Crippen LogP contribution in [-0.4, -0.2) is 67.8 Å². The van der Waals surface area contributed by atoms with Gasteiger partial charge in [0.1, 0.15) is 28.9 Å². The molecule has 0 unspecified atom stereocenters. The second-order valence-electron chi connectivity index (χ2n) is 9.00. The minimum Gasteiger partial charge on any atom is -0.444 e. The van der Waals surface area contributed by atoms with Crippen LogP contribution in [0.2, 0.25) is 0 Å². The number of hydrogen-bond acceptors (Lipinski definition) is 8. The predicted molar refractivity (Wildman–Crippen MR) is 128 cm³/mol. The van der Waals surface area contributed by atoms with Gasteiger partial charge in [-0.1, -0.05) is 30.3 Å². The normalized spacial score (nSPS) is 23.3. The molecule has 1 aliphatic heterocycles. The Morgan fingerprint density at radius 3 is 2.44 bits per heavy atom. The zero-order chi connectivity index (χ0) is 24.7. The van der Waals surface area contributed by atoms with Crippen molar-refractivity contribution in [1.29, 1.82) is 0 Å². The highest BCUT2D eigenvalue weighted by Crippen LogP contribution is 2.28. The van der Waals surface area contributed by atoms with Crippen LogP contribution >= 0.6 is 11.3 Å². The molecule has 0 radical (unpaired) electrons. The summed E-state index contributed by atoms with van der Waals surface area (Å²) in [6.45, 7) is 5.46. The molecule has 1 fully saturated rings. The summed E-state index contributed by atoms with van der Waals surface area (Å²) in [5, 5.41) is 8.43. The van der Waals surface area contributed by atoms with Gasteiger partial charge in [-0.25, -0.2) is 9.78 Å². The maximum atomic E-state index is 13.3. The van der Waals surface area contributed by atoms with E-state index in [0.717, 1.165) is 10.6 Å². The third-order valence-electron chi connectivity index (χ3n) is 5.31. The molecular weight excluding hydrogens is 458 g/mol. The predicted octanol–water partition coefficient (Wildman–Crippen LogP) is 2.87. The molecule has 2 amide bonds. The summed E-state index contributed by atoms with van der Waals surface area (Å²) in [5.41, 5.74) is 0.454. The molecule has 186 valence electrons. The summed E-state index contributed by atoms with van der Waals surface area (Å²) < 4.78 is 22.5. The Morgan fingerprint density at radius 1 is 1.15 bits per heavy atom. The molecule has 34 heavy (non-hydrogen) atoms. The third kappa shape index (κ3) is 6.99. The van der Waals surface area contributed by atoms with E-state index in [-0.39, 0.29) is 18.5 Å². The van der Waals surface area contributed by atoms with Gasteiger partial charge >= 0.3 is 6.09 Å². The number of methoxy groups -OCH3 is 2. The van der Waals surface area contributed by atoms with Crippen LogP contribution in [-0.2, 0) is 30.2 Å². The van der Waals surface area contributed by atoms with Crippen LogP contribution in [0.15, 0.2) is 41.9 Å². The fraction of sp³-hybridized carbons (Fsp3) is 0.542. The van der Waals surface area contributed by atoms with Crippen molar-refractivity contribution >= 4 is 23.3 Å². The van der Waals surface area contributed by atoms with E-state index in [1.54, 1.807) is 27.0 Å². The molecule has 9 nitrogen and oxygen atoms in total. The van der Waals surface area contributed by atoms with Gasteiger partial charge in [0.15, 0.2) is 6.10 Å². The molecule has 2 aromatic rings. The van der Waals surface area contributed by atoms with E-state index in [1.165, 1.54) is 25.6 Å². The van der Waals surface area contributed by atoms with E-state index in [2.05, 4.69) is 15.6 Å². The largest absolute Gasteiger partial charge is 0.444 e. The summed E-state index contributed by atoms with van der Waals surface area (Å²) in [6, 6.07) is 9.57. The van der Waals surface area contributed by atoms with Crippen LogP contribution < -0.4 is 10.6 Å². The van der Waals surface area contributed by atoms with Gasteiger partial charge in [-0.2, -0.15) is 0 Å². The summed E-state index contributed by atoms with van der Waals surface area (Å²) in [7, 11) is 3.03. The van der Waals surface area contributed by atoms with Gasteiger partial charge < -0.3 is 29.6 Å². The van der Waals surface area contributed by atoms with Crippen molar-refractivity contribution in [3.05, 3.63) is 52.5 Å². The van der Waals surface area contributed by atoms with E-state index in [1.807, 2.05) is 35.7 Å². The average Bonchev–Trinajstić information content (AvgIpc) is 3.44. The molecule has 5 atom stereocenters. The summed E-state index contributed by atoms with van der Waals surface area (Å²) in [5.74, 6) is -0.329. The Bertz CT molecular complexity index is 919. The van der Waals surface area contributed by atoms with Gasteiger partial charge in [0, 0.05) is 32.3 Å². The third-order valence-corrected chi connectivity index (χ3v) is 6.20. The van der Waals surface area contributed by atoms with Crippen molar-refractivity contribution in [2.24, 2.45) is 0 Å². The highest BCUT2D eigenvalue weighted by Gasteiger charge is 2.49. The number of thiazole rings is 1. The van der Waals surface area contributed by atoms with Crippen LogP contribution in [0, 0.1) is 0 Å². The molecule has 3 rings (SSSR count). The Labute approximate surface area is 204 Å². The number of ether oxygens (including phenoxy) is 4. The lowest BCUT2D eigenvalue weighted by Crippen LogP contribution is -2.46. The minimum absolute atomic E-state index is 0.108. The number of amides is 2. The van der Waals surface area contributed by atoms with E-state index in [4.69, 9.17) is 18.9 Å². The van der Waals surface area contributed by atoms with Crippen LogP contribution in [0.5, 0.6) is 0 Å². The maximum Gasteiger partial charge on any atom is 0.407 e. The topological polar surface area (TPSA) is 108 Å². The highest BCUT2D eigenvalue weighted by molar-refractivity contribution is 7.09. The zero-order valence-corrected chi connectivity index (χ0v) is 21.0. The highest BCUT2D eigenvalue weighted by atomic mass is 32.1. The maximum absolute atomic E-state index is 13.3. The molecule has 0 saturated carbocycles. The Morgan fingerprint density at radius 2 is 1.85 bits per heavy atom. The molecule has 2 heterocycles. The lowest BCUT2D eigenvalue weighted by Gasteiger charge is -2.23. The van der Waals surface area contributed by atoms with Crippen molar-refractivity contribution in [3.63, 3.8) is 0 Å². The first-order valence-corrected chi connectivity index (χ1v) is 12.0. The summed E-state index contributed by atoms with van der Waals surface area (Å²) >= 11 is 1.48. The second kappa shape index (κ2) is 11.7. The number of aromatic nitrogens is 1. The van der Waals surface area contributed by atoms with E-state index < -0.39 is 36.1 Å². The van der Waals surface area contributed by atoms with Crippen LogP contribution in [0.25, 0.3) is 0 Å². The lowest BCUT2D eigenvalue weighted by molar-refractivity contribution is -0.137. The molecule has 1 aromatic heterocycles. The number of alkyl carbamates (subject to hydrolysis) is 1. The summed E-state index contributed by atoms with van der Waals surface area (Å²) in [4.78, 5) is 29.8. The molecule has 1 aromatic carbocycles. The molecule has 0 bridgehead atoms. The number of carbonyl (C=O) groups excluding carboxylic acids is 2. The number of carbonyl (C=O) groups is 2. The van der Waals surface area contributed by atoms with E-state index >= 15 is 0 Å². The second-order valence-corrected chi connectivity index (χ2v) is 9.93. The first-order chi connectivity index (χ1) is 16.2. The van der Waals surface area contributed by atoms with Crippen LogP contribution in [0.3, 0.4) is 0 Å². The number of rotatable bonds is 9. The van der Waals surface area contributed by atoms with Gasteiger partial charge in [0.2, 0.25) is 0 Å². The lowest BCUT2D eigenvalue weighted by atomic mass is 10.0. The first-order valence-electron chi connectivity index (χ1n) is 11.1. The van der Waals surface area contributed by atoms with E-state index in [0.29, 0.717) is 6.42 Å². The van der Waals surface area contributed by atoms with Gasteiger partial charge in [-0.3, -0.25) is 4.79 Å². The number of hydrogen-bond donors (Lipinski definition) is 2. The van der Waals surface area contributed by atoms with Crippen molar-refractivity contribution < 1.29 is 28.5 Å². The van der Waals surface area contributed by atoms with Crippen LogP contribution in [0.1, 0.15) is 37.4 Å². The number of nitrogens with zero attached hydrogens (tertiary/aromatic N) is 1. The molecular formula is C24H33N3O6S. The van der Waals surface area contributed by atoms with Gasteiger partial charge in [0.05, 0.1) is 6.04 Å². The van der Waals surface area contributed by atoms with Crippen molar-refractivity contribution in [2.45, 2.75) is 63.3 Å². The van der Waals surface area contributed by atoms with Crippen LogP contribution in [0.4, 0.5) is 4.79 Å². The molecule has 2 N–H and O–H groups in total. The number of benzene rings is 1. The molecule has 0 spiro atoms. The molecule has 1 saturated heterocycles. The van der Waals surface area contributed by atoms with Gasteiger partial charge in [-0.05, 0) is 32.8 Å². The quantitative estimate of drug-likeness (QED) is 0.555. The first kappa shape index (κ1) is 26.1. The molecule has 10 heteroatoms. The fourth-order valence-electron chi connectivity index (χ4n) is 3.85. The summed E-state index contributed by atoms with van der Waals surface area (Å²) in [6.07, 6.45) is -0.981. The molecule has 1 aliphatic rings. The fourth-order valence-corrected chi connectivity index (χ4v) is 4.54. The van der Waals surface area contributed by atoms with E-state index in [9.17, 15) is 9.59 Å². The zero-order valence-electron chi connectivity index (χ0n) is 20.1.